The molecule has 206 valence electrons. The predicted molar refractivity (Wildman–Crippen MR) is 164 cm³/mol. The maximum absolute atomic E-state index is 13.4. The van der Waals surface area contributed by atoms with E-state index in [0.717, 1.165) is 51.7 Å². The molecule has 3 aromatic carbocycles. The maximum atomic E-state index is 13.4. The summed E-state index contributed by atoms with van der Waals surface area (Å²) in [6, 6.07) is 23.4. The van der Waals surface area contributed by atoms with Crippen LogP contribution >= 0.6 is 11.3 Å². The van der Waals surface area contributed by atoms with Gasteiger partial charge in [-0.05, 0) is 77.9 Å². The number of carbonyl (C=O) groups is 2. The SMILES string of the molecule is CCCc1cccc(-c2ccc(N3CCc4cccc(C(=O)Nc5nc6ccccc6s5)c4C3)nc2C(=O)O)c1C. The van der Waals surface area contributed by atoms with E-state index in [1.54, 1.807) is 0 Å². The van der Waals surface area contributed by atoms with Gasteiger partial charge >= 0.3 is 5.97 Å². The third-order valence-corrected chi connectivity index (χ3v) is 8.65. The summed E-state index contributed by atoms with van der Waals surface area (Å²) in [6.45, 7) is 5.31. The van der Waals surface area contributed by atoms with Crippen LogP contribution in [-0.4, -0.2) is 33.5 Å². The molecule has 0 spiro atoms. The van der Waals surface area contributed by atoms with Crippen molar-refractivity contribution in [1.82, 2.24) is 9.97 Å². The monoisotopic (exact) mass is 562 g/mol. The number of para-hydroxylation sites is 1. The van der Waals surface area contributed by atoms with Gasteiger partial charge in [0.05, 0.1) is 10.2 Å². The Balaban J connectivity index is 1.30. The van der Waals surface area contributed by atoms with Gasteiger partial charge in [0.1, 0.15) is 5.82 Å². The summed E-state index contributed by atoms with van der Waals surface area (Å²) in [6.07, 6.45) is 2.68. The van der Waals surface area contributed by atoms with Gasteiger partial charge in [-0.2, -0.15) is 0 Å². The quantitative estimate of drug-likeness (QED) is 0.219. The molecule has 1 amide bonds. The molecule has 0 unspecified atom stereocenters. The van der Waals surface area contributed by atoms with Gasteiger partial charge in [-0.25, -0.2) is 14.8 Å². The van der Waals surface area contributed by atoms with E-state index < -0.39 is 5.97 Å². The molecule has 1 aliphatic heterocycles. The van der Waals surface area contributed by atoms with Crippen LogP contribution in [0.2, 0.25) is 0 Å². The predicted octanol–water partition coefficient (Wildman–Crippen LogP) is 7.13. The van der Waals surface area contributed by atoms with Crippen molar-refractivity contribution in [1.29, 1.82) is 0 Å². The first kappa shape index (κ1) is 26.7. The average Bonchev–Trinajstić information content (AvgIpc) is 3.40. The molecule has 5 aromatic rings. The number of anilines is 2. The highest BCUT2D eigenvalue weighted by atomic mass is 32.1. The van der Waals surface area contributed by atoms with Gasteiger partial charge < -0.3 is 10.0 Å². The van der Waals surface area contributed by atoms with Crippen molar-refractivity contribution in [2.24, 2.45) is 0 Å². The lowest BCUT2D eigenvalue weighted by atomic mass is 9.93. The molecule has 0 saturated carbocycles. The van der Waals surface area contributed by atoms with Crippen molar-refractivity contribution in [3.8, 4) is 11.1 Å². The zero-order valence-electron chi connectivity index (χ0n) is 23.0. The summed E-state index contributed by atoms with van der Waals surface area (Å²) in [5.41, 5.74) is 7.31. The van der Waals surface area contributed by atoms with Crippen LogP contribution in [0.4, 0.5) is 10.9 Å². The number of aryl methyl sites for hydroxylation is 1. The summed E-state index contributed by atoms with van der Waals surface area (Å²) in [4.78, 5) is 37.0. The fraction of sp³-hybridized carbons (Fsp3) is 0.212. The Labute approximate surface area is 242 Å². The van der Waals surface area contributed by atoms with Crippen molar-refractivity contribution in [2.45, 2.75) is 39.7 Å². The second-order valence-electron chi connectivity index (χ2n) is 10.3. The first-order valence-corrected chi connectivity index (χ1v) is 14.6. The van der Waals surface area contributed by atoms with Crippen LogP contribution in [0.5, 0.6) is 0 Å². The molecule has 0 fully saturated rings. The highest BCUT2D eigenvalue weighted by Crippen LogP contribution is 2.33. The number of hydrogen-bond acceptors (Lipinski definition) is 6. The second-order valence-corrected chi connectivity index (χ2v) is 11.3. The van der Waals surface area contributed by atoms with E-state index in [9.17, 15) is 14.7 Å². The van der Waals surface area contributed by atoms with E-state index in [0.29, 0.717) is 35.2 Å². The number of carbonyl (C=O) groups excluding carboxylic acids is 1. The normalized spacial score (nSPS) is 12.8. The van der Waals surface area contributed by atoms with E-state index in [1.165, 1.54) is 16.9 Å². The molecule has 41 heavy (non-hydrogen) atoms. The number of carboxylic acid groups (broad SMARTS) is 1. The number of rotatable bonds is 7. The Bertz CT molecular complexity index is 1760. The Morgan fingerprint density at radius 3 is 2.61 bits per heavy atom. The number of pyridine rings is 1. The van der Waals surface area contributed by atoms with Crippen LogP contribution in [0.3, 0.4) is 0 Å². The molecule has 0 saturated heterocycles. The summed E-state index contributed by atoms with van der Waals surface area (Å²) < 4.78 is 1.01. The minimum absolute atomic E-state index is 0.0342. The molecule has 0 atom stereocenters. The number of aromatic carboxylic acids is 1. The van der Waals surface area contributed by atoms with Gasteiger partial charge in [0, 0.05) is 24.2 Å². The van der Waals surface area contributed by atoms with Crippen LogP contribution < -0.4 is 10.2 Å². The molecule has 1 aliphatic rings. The first-order valence-electron chi connectivity index (χ1n) is 13.8. The molecule has 2 aromatic heterocycles. The second kappa shape index (κ2) is 11.1. The van der Waals surface area contributed by atoms with Gasteiger partial charge in [0.2, 0.25) is 0 Å². The standard InChI is InChI=1S/C33H30N4O3S/c1-3-8-21-9-6-11-23(20(21)2)24-15-16-29(35-30(24)32(39)40)37-18-17-22-10-7-12-25(26(22)19-37)31(38)36-33-34-27-13-4-5-14-28(27)41-33/h4-7,9-16H,3,8,17-19H2,1-2H3,(H,39,40)(H,34,36,38). The minimum Gasteiger partial charge on any atom is -0.476 e. The Hall–Kier alpha value is -4.56. The van der Waals surface area contributed by atoms with Crippen molar-refractivity contribution in [3.05, 3.63) is 106 Å². The molecular weight excluding hydrogens is 532 g/mol. The van der Waals surface area contributed by atoms with Crippen LogP contribution in [-0.2, 0) is 19.4 Å². The lowest BCUT2D eigenvalue weighted by Crippen LogP contribution is -2.33. The third kappa shape index (κ3) is 5.18. The summed E-state index contributed by atoms with van der Waals surface area (Å²) in [7, 11) is 0. The van der Waals surface area contributed by atoms with Crippen LogP contribution in [0.1, 0.15) is 56.4 Å². The third-order valence-electron chi connectivity index (χ3n) is 7.69. The first-order chi connectivity index (χ1) is 19.9. The summed E-state index contributed by atoms with van der Waals surface area (Å²) in [5, 5.41) is 13.7. The number of benzene rings is 3. The maximum Gasteiger partial charge on any atom is 0.355 e. The van der Waals surface area contributed by atoms with Gasteiger partial charge in [-0.15, -0.1) is 0 Å². The number of aromatic nitrogens is 2. The molecule has 0 aliphatic carbocycles. The molecule has 6 rings (SSSR count). The lowest BCUT2D eigenvalue weighted by Gasteiger charge is -2.31. The van der Waals surface area contributed by atoms with Crippen molar-refractivity contribution < 1.29 is 14.7 Å². The van der Waals surface area contributed by atoms with E-state index >= 15 is 0 Å². The highest BCUT2D eigenvalue weighted by molar-refractivity contribution is 7.22. The number of hydrogen-bond donors (Lipinski definition) is 2. The van der Waals surface area contributed by atoms with Gasteiger partial charge in [0.25, 0.3) is 5.91 Å². The molecule has 7 nitrogen and oxygen atoms in total. The number of thiazole rings is 1. The molecule has 0 bridgehead atoms. The zero-order chi connectivity index (χ0) is 28.5. The Kier molecular flexibility index (Phi) is 7.24. The number of fused-ring (bicyclic) bond motifs is 2. The number of nitrogens with one attached hydrogen (secondary N) is 1. The smallest absolute Gasteiger partial charge is 0.355 e. The van der Waals surface area contributed by atoms with E-state index in [2.05, 4.69) is 28.3 Å². The van der Waals surface area contributed by atoms with E-state index in [-0.39, 0.29) is 11.6 Å². The lowest BCUT2D eigenvalue weighted by molar-refractivity contribution is 0.0691. The minimum atomic E-state index is -1.06. The van der Waals surface area contributed by atoms with Crippen molar-refractivity contribution >= 4 is 44.4 Å². The summed E-state index contributed by atoms with van der Waals surface area (Å²) >= 11 is 1.44. The van der Waals surface area contributed by atoms with Gasteiger partial charge in [0.15, 0.2) is 10.8 Å². The Morgan fingerprint density at radius 2 is 1.80 bits per heavy atom. The van der Waals surface area contributed by atoms with Crippen LogP contribution in [0.25, 0.3) is 21.3 Å². The molecule has 8 heteroatoms. The molecule has 0 radical (unpaired) electrons. The van der Waals surface area contributed by atoms with Crippen LogP contribution in [0.15, 0.2) is 72.8 Å². The topological polar surface area (TPSA) is 95.4 Å². The van der Waals surface area contributed by atoms with Crippen molar-refractivity contribution in [3.63, 3.8) is 0 Å². The number of amides is 1. The van der Waals surface area contributed by atoms with E-state index in [4.69, 9.17) is 0 Å². The molecular formula is C33H30N4O3S. The van der Waals surface area contributed by atoms with Crippen LogP contribution in [0, 0.1) is 6.92 Å². The van der Waals surface area contributed by atoms with Crippen molar-refractivity contribution in [2.75, 3.05) is 16.8 Å². The molecule has 3 heterocycles. The van der Waals surface area contributed by atoms with Gasteiger partial charge in [-0.1, -0.05) is 67.1 Å². The largest absolute Gasteiger partial charge is 0.476 e. The Morgan fingerprint density at radius 1 is 0.976 bits per heavy atom. The number of nitrogens with zero attached hydrogens (tertiary/aromatic N) is 3. The molecule has 2 N–H and O–H groups in total. The highest BCUT2D eigenvalue weighted by Gasteiger charge is 2.25. The fourth-order valence-corrected chi connectivity index (χ4v) is 6.46. The summed E-state index contributed by atoms with van der Waals surface area (Å²) in [5.74, 6) is -0.685. The van der Waals surface area contributed by atoms with E-state index in [1.807, 2.05) is 78.6 Å². The zero-order valence-corrected chi connectivity index (χ0v) is 23.8. The number of carboxylic acids is 1. The fourth-order valence-electron chi connectivity index (χ4n) is 5.60. The average molecular weight is 563 g/mol. The van der Waals surface area contributed by atoms with Gasteiger partial charge in [-0.3, -0.25) is 10.1 Å².